The molecule has 25 heavy (non-hydrogen) atoms. The first-order chi connectivity index (χ1) is 12.0. The van der Waals surface area contributed by atoms with Crippen LogP contribution >= 0.6 is 0 Å². The van der Waals surface area contributed by atoms with Crippen LogP contribution in [0.5, 0.6) is 0 Å². The first-order valence-corrected chi connectivity index (χ1v) is 9.90. The first kappa shape index (κ1) is 19.9. The van der Waals surface area contributed by atoms with E-state index in [1.807, 2.05) is 12.1 Å². The summed E-state index contributed by atoms with van der Waals surface area (Å²) in [5.74, 6) is -0.126. The minimum absolute atomic E-state index is 0.126. The van der Waals surface area contributed by atoms with Gasteiger partial charge in [0.15, 0.2) is 5.72 Å². The average Bonchev–Trinajstić information content (AvgIpc) is 3.13. The molecule has 0 saturated carbocycles. The Labute approximate surface area is 152 Å². The van der Waals surface area contributed by atoms with E-state index in [9.17, 15) is 9.90 Å². The standard InChI is InChI=1S/C21H34N2O2/c1-3-4-5-6-7-8-10-17-12-14-18(15-13-17)21(2,25)23-20(24)19-11-9-16-22-19/h12-15,19,22,25H,3-11,16H2,1-2H3,(H,23,24)/t19?,21-/m0/s1. The fraction of sp³-hybridized carbons (Fsp3) is 0.667. The Morgan fingerprint density at radius 2 is 1.88 bits per heavy atom. The normalized spacial score (nSPS) is 19.6. The van der Waals surface area contributed by atoms with E-state index < -0.39 is 5.72 Å². The molecule has 1 aromatic carbocycles. The van der Waals surface area contributed by atoms with Gasteiger partial charge in [0.2, 0.25) is 5.91 Å². The van der Waals surface area contributed by atoms with Crippen molar-refractivity contribution >= 4 is 5.91 Å². The van der Waals surface area contributed by atoms with Crippen LogP contribution in [0, 0.1) is 0 Å². The van der Waals surface area contributed by atoms with Gasteiger partial charge < -0.3 is 15.7 Å². The van der Waals surface area contributed by atoms with E-state index in [4.69, 9.17) is 0 Å². The van der Waals surface area contributed by atoms with Gasteiger partial charge in [0.05, 0.1) is 6.04 Å². The lowest BCUT2D eigenvalue weighted by Crippen LogP contribution is -2.50. The highest BCUT2D eigenvalue weighted by molar-refractivity contribution is 5.82. The number of carbonyl (C=O) groups is 1. The number of carbonyl (C=O) groups excluding carboxylic acids is 1. The molecule has 0 aliphatic carbocycles. The van der Waals surface area contributed by atoms with Crippen LogP contribution in [0.2, 0.25) is 0 Å². The molecule has 1 heterocycles. The summed E-state index contributed by atoms with van der Waals surface area (Å²) >= 11 is 0. The Kier molecular flexibility index (Phi) is 7.91. The largest absolute Gasteiger partial charge is 0.367 e. The molecule has 2 rings (SSSR count). The number of rotatable bonds is 10. The minimum atomic E-state index is -1.33. The zero-order chi connectivity index (χ0) is 18.1. The maximum Gasteiger partial charge on any atom is 0.239 e. The van der Waals surface area contributed by atoms with Crippen molar-refractivity contribution in [2.75, 3.05) is 6.54 Å². The van der Waals surface area contributed by atoms with Crippen LogP contribution < -0.4 is 10.6 Å². The summed E-state index contributed by atoms with van der Waals surface area (Å²) < 4.78 is 0. The van der Waals surface area contributed by atoms with Crippen molar-refractivity contribution in [1.29, 1.82) is 0 Å². The summed E-state index contributed by atoms with van der Waals surface area (Å²) in [7, 11) is 0. The van der Waals surface area contributed by atoms with Crippen LogP contribution in [0.15, 0.2) is 24.3 Å². The van der Waals surface area contributed by atoms with Crippen LogP contribution in [0.4, 0.5) is 0 Å². The summed E-state index contributed by atoms with van der Waals surface area (Å²) in [5, 5.41) is 16.6. The van der Waals surface area contributed by atoms with E-state index in [0.29, 0.717) is 0 Å². The maximum atomic E-state index is 12.2. The van der Waals surface area contributed by atoms with Crippen molar-refractivity contribution < 1.29 is 9.90 Å². The summed E-state index contributed by atoms with van der Waals surface area (Å²) in [6.45, 7) is 4.75. The molecular weight excluding hydrogens is 312 g/mol. The number of hydrogen-bond donors (Lipinski definition) is 3. The lowest BCUT2D eigenvalue weighted by atomic mass is 9.99. The summed E-state index contributed by atoms with van der Waals surface area (Å²) in [6.07, 6.45) is 10.7. The van der Waals surface area contributed by atoms with Gasteiger partial charge >= 0.3 is 0 Å². The Bertz CT molecular complexity index is 519. The Balaban J connectivity index is 1.80. The smallest absolute Gasteiger partial charge is 0.239 e. The number of nitrogens with one attached hydrogen (secondary N) is 2. The summed E-state index contributed by atoms with van der Waals surface area (Å²) in [4.78, 5) is 12.2. The topological polar surface area (TPSA) is 61.4 Å². The minimum Gasteiger partial charge on any atom is -0.367 e. The molecule has 0 spiro atoms. The Hall–Kier alpha value is -1.39. The fourth-order valence-electron chi connectivity index (χ4n) is 3.41. The molecule has 0 aromatic heterocycles. The van der Waals surface area contributed by atoms with Gasteiger partial charge in [-0.15, -0.1) is 0 Å². The number of amides is 1. The molecule has 2 atom stereocenters. The second-order valence-corrected chi connectivity index (χ2v) is 7.43. The van der Waals surface area contributed by atoms with Crippen LogP contribution in [0.25, 0.3) is 0 Å². The van der Waals surface area contributed by atoms with Gasteiger partial charge in [0, 0.05) is 5.56 Å². The molecule has 1 aliphatic rings. The lowest BCUT2D eigenvalue weighted by Gasteiger charge is -2.27. The zero-order valence-corrected chi connectivity index (χ0v) is 15.8. The number of hydrogen-bond acceptors (Lipinski definition) is 3. The van der Waals surface area contributed by atoms with Gasteiger partial charge in [-0.2, -0.15) is 0 Å². The Morgan fingerprint density at radius 3 is 2.52 bits per heavy atom. The number of unbranched alkanes of at least 4 members (excludes halogenated alkanes) is 5. The van der Waals surface area contributed by atoms with Crippen LogP contribution in [-0.2, 0) is 16.9 Å². The van der Waals surface area contributed by atoms with Gasteiger partial charge in [-0.25, -0.2) is 0 Å². The van der Waals surface area contributed by atoms with E-state index in [1.54, 1.807) is 6.92 Å². The molecule has 1 amide bonds. The zero-order valence-electron chi connectivity index (χ0n) is 15.8. The quantitative estimate of drug-likeness (QED) is 0.448. The van der Waals surface area contributed by atoms with Crippen molar-refractivity contribution in [2.24, 2.45) is 0 Å². The summed E-state index contributed by atoms with van der Waals surface area (Å²) in [5.41, 5.74) is 0.685. The van der Waals surface area contributed by atoms with E-state index in [2.05, 4.69) is 29.7 Å². The van der Waals surface area contributed by atoms with E-state index >= 15 is 0 Å². The monoisotopic (exact) mass is 346 g/mol. The molecular formula is C21H34N2O2. The van der Waals surface area contributed by atoms with Crippen LogP contribution in [0.1, 0.15) is 76.3 Å². The highest BCUT2D eigenvalue weighted by Gasteiger charge is 2.30. The molecule has 0 radical (unpaired) electrons. The molecule has 1 aliphatic heterocycles. The molecule has 140 valence electrons. The van der Waals surface area contributed by atoms with E-state index in [0.717, 1.165) is 31.4 Å². The molecule has 3 N–H and O–H groups in total. The number of benzene rings is 1. The number of aryl methyl sites for hydroxylation is 1. The predicted molar refractivity (Wildman–Crippen MR) is 102 cm³/mol. The summed E-state index contributed by atoms with van der Waals surface area (Å²) in [6, 6.07) is 7.80. The van der Waals surface area contributed by atoms with Gasteiger partial charge in [0.1, 0.15) is 0 Å². The second kappa shape index (κ2) is 9.93. The molecule has 0 bridgehead atoms. The van der Waals surface area contributed by atoms with E-state index in [-0.39, 0.29) is 11.9 Å². The predicted octanol–water partition coefficient (Wildman–Crippen LogP) is 3.62. The molecule has 4 nitrogen and oxygen atoms in total. The van der Waals surface area contributed by atoms with Gasteiger partial charge in [-0.05, 0) is 44.7 Å². The van der Waals surface area contributed by atoms with Crippen LogP contribution in [0.3, 0.4) is 0 Å². The van der Waals surface area contributed by atoms with E-state index in [1.165, 1.54) is 44.1 Å². The molecule has 1 aromatic rings. The van der Waals surface area contributed by atoms with Crippen molar-refractivity contribution in [1.82, 2.24) is 10.6 Å². The van der Waals surface area contributed by atoms with Crippen molar-refractivity contribution in [3.63, 3.8) is 0 Å². The molecule has 1 unspecified atom stereocenters. The second-order valence-electron chi connectivity index (χ2n) is 7.43. The molecule has 1 fully saturated rings. The van der Waals surface area contributed by atoms with Gasteiger partial charge in [0.25, 0.3) is 0 Å². The van der Waals surface area contributed by atoms with Crippen molar-refractivity contribution in [2.45, 2.75) is 83.4 Å². The van der Waals surface area contributed by atoms with Crippen molar-refractivity contribution in [3.05, 3.63) is 35.4 Å². The third-order valence-corrected chi connectivity index (χ3v) is 5.08. The number of aliphatic hydroxyl groups is 1. The third-order valence-electron chi connectivity index (χ3n) is 5.08. The maximum absolute atomic E-state index is 12.2. The highest BCUT2D eigenvalue weighted by atomic mass is 16.3. The fourth-order valence-corrected chi connectivity index (χ4v) is 3.41. The van der Waals surface area contributed by atoms with Crippen molar-refractivity contribution in [3.8, 4) is 0 Å². The highest BCUT2D eigenvalue weighted by Crippen LogP contribution is 2.20. The lowest BCUT2D eigenvalue weighted by molar-refractivity contribution is -0.130. The van der Waals surface area contributed by atoms with Gasteiger partial charge in [-0.3, -0.25) is 4.79 Å². The Morgan fingerprint density at radius 1 is 1.20 bits per heavy atom. The first-order valence-electron chi connectivity index (χ1n) is 9.90. The van der Waals surface area contributed by atoms with Gasteiger partial charge in [-0.1, -0.05) is 63.3 Å². The van der Waals surface area contributed by atoms with Crippen LogP contribution in [-0.4, -0.2) is 23.6 Å². The molecule has 1 saturated heterocycles. The molecule has 4 heteroatoms. The SMILES string of the molecule is CCCCCCCCc1ccc([C@](C)(O)NC(=O)C2CCCN2)cc1. The average molecular weight is 347 g/mol. The third kappa shape index (κ3) is 6.44.